The fourth-order valence-corrected chi connectivity index (χ4v) is 5.19. The van der Waals surface area contributed by atoms with Gasteiger partial charge in [0.2, 0.25) is 11.0 Å². The van der Waals surface area contributed by atoms with Gasteiger partial charge in [-0.25, -0.2) is 0 Å². The Morgan fingerprint density at radius 2 is 1.70 bits per heavy atom. The third kappa shape index (κ3) is 7.51. The van der Waals surface area contributed by atoms with E-state index in [1.807, 2.05) is 29.2 Å². The van der Waals surface area contributed by atoms with Gasteiger partial charge in [-0.3, -0.25) is 9.59 Å². The molecule has 0 N–H and O–H groups in total. The largest absolute Gasteiger partial charge is 0.485 e. The monoisotopic (exact) mass is 487 g/mol. The molecule has 0 aliphatic heterocycles. The number of amides is 1. The van der Waals surface area contributed by atoms with Crippen molar-refractivity contribution in [2.75, 3.05) is 18.1 Å². The number of hydrogen-bond acceptors (Lipinski definition) is 4. The zero-order valence-electron chi connectivity index (χ0n) is 19.6. The molecular weight excluding hydrogens is 454 g/mol. The third-order valence-electron chi connectivity index (χ3n) is 6.37. The molecular formula is C27H34ClNO3S. The maximum atomic E-state index is 13.6. The number of ether oxygens (including phenoxy) is 1. The molecule has 178 valence electrons. The Kier molecular flexibility index (Phi) is 10.1. The maximum absolute atomic E-state index is 13.6. The molecule has 2 aromatic rings. The molecule has 33 heavy (non-hydrogen) atoms. The molecule has 0 saturated heterocycles. The maximum Gasteiger partial charge on any atom is 0.231 e. The van der Waals surface area contributed by atoms with Crippen LogP contribution in [0.5, 0.6) is 5.75 Å². The molecule has 0 radical (unpaired) electrons. The molecule has 0 atom stereocenters. The van der Waals surface area contributed by atoms with E-state index in [0.29, 0.717) is 23.2 Å². The van der Waals surface area contributed by atoms with Gasteiger partial charge in [0.1, 0.15) is 5.75 Å². The number of benzene rings is 2. The van der Waals surface area contributed by atoms with E-state index >= 15 is 0 Å². The van der Waals surface area contributed by atoms with Gasteiger partial charge in [0.15, 0.2) is 6.61 Å². The molecule has 0 bridgehead atoms. The Balaban J connectivity index is 1.76. The average Bonchev–Trinajstić information content (AvgIpc) is 2.85. The summed E-state index contributed by atoms with van der Waals surface area (Å²) in [5.74, 6) is 1.32. The first kappa shape index (κ1) is 25.6. The van der Waals surface area contributed by atoms with Gasteiger partial charge in [-0.15, -0.1) is 0 Å². The van der Waals surface area contributed by atoms with E-state index in [-0.39, 0.29) is 23.5 Å². The van der Waals surface area contributed by atoms with Crippen molar-refractivity contribution < 1.29 is 14.3 Å². The Labute approximate surface area is 207 Å². The van der Waals surface area contributed by atoms with Crippen molar-refractivity contribution in [3.05, 3.63) is 53.6 Å². The molecule has 1 saturated carbocycles. The van der Waals surface area contributed by atoms with Crippen molar-refractivity contribution in [1.29, 1.82) is 0 Å². The number of para-hydroxylation sites is 1. The fourth-order valence-electron chi connectivity index (χ4n) is 4.27. The Morgan fingerprint density at radius 1 is 1.03 bits per heavy atom. The number of carbonyl (C=O) groups excluding carboxylic acids is 2. The van der Waals surface area contributed by atoms with Crippen LogP contribution in [0.4, 0.5) is 5.69 Å². The highest BCUT2D eigenvalue weighted by Crippen LogP contribution is 2.35. The van der Waals surface area contributed by atoms with E-state index in [1.165, 1.54) is 6.42 Å². The first-order valence-corrected chi connectivity index (χ1v) is 13.2. The molecule has 3 rings (SSSR count). The molecule has 1 amide bonds. The van der Waals surface area contributed by atoms with Crippen molar-refractivity contribution >= 4 is 40.1 Å². The summed E-state index contributed by atoms with van der Waals surface area (Å²) in [4.78, 5) is 29.1. The van der Waals surface area contributed by atoms with Crippen LogP contribution in [0.25, 0.3) is 0 Å². The predicted molar refractivity (Wildman–Crippen MR) is 137 cm³/mol. The number of thioether (sulfide) groups is 1. The van der Waals surface area contributed by atoms with Gasteiger partial charge < -0.3 is 9.64 Å². The lowest BCUT2D eigenvalue weighted by Crippen LogP contribution is -2.40. The molecule has 1 fully saturated rings. The van der Waals surface area contributed by atoms with Crippen molar-refractivity contribution in [1.82, 2.24) is 0 Å². The minimum atomic E-state index is -0.106. The highest BCUT2D eigenvalue weighted by atomic mass is 35.5. The lowest BCUT2D eigenvalue weighted by molar-refractivity contribution is -0.123. The van der Waals surface area contributed by atoms with E-state index < -0.39 is 0 Å². The van der Waals surface area contributed by atoms with Gasteiger partial charge in [0.25, 0.3) is 0 Å². The van der Waals surface area contributed by atoms with Gasteiger partial charge in [0.05, 0.1) is 5.69 Å². The highest BCUT2D eigenvalue weighted by Gasteiger charge is 2.29. The van der Waals surface area contributed by atoms with Crippen LogP contribution in [0.15, 0.2) is 53.4 Å². The quantitative estimate of drug-likeness (QED) is 0.328. The van der Waals surface area contributed by atoms with Crippen LogP contribution in [-0.2, 0) is 9.59 Å². The van der Waals surface area contributed by atoms with E-state index in [4.69, 9.17) is 16.3 Å². The number of rotatable bonds is 10. The molecule has 2 aromatic carbocycles. The molecule has 0 heterocycles. The summed E-state index contributed by atoms with van der Waals surface area (Å²) >= 11 is 7.05. The summed E-state index contributed by atoms with van der Waals surface area (Å²) in [5.41, 5.74) is 0.838. The summed E-state index contributed by atoms with van der Waals surface area (Å²) in [6.45, 7) is 4.99. The second kappa shape index (κ2) is 13.0. The van der Waals surface area contributed by atoms with Crippen molar-refractivity contribution in [2.45, 2.75) is 63.7 Å². The molecule has 1 aliphatic rings. The number of hydrogen-bond donors (Lipinski definition) is 0. The van der Waals surface area contributed by atoms with Gasteiger partial charge in [-0.05, 0) is 66.9 Å². The van der Waals surface area contributed by atoms with Crippen LogP contribution in [0, 0.1) is 11.8 Å². The summed E-state index contributed by atoms with van der Waals surface area (Å²) in [7, 11) is 0. The Bertz CT molecular complexity index is 908. The van der Waals surface area contributed by atoms with Crippen molar-refractivity contribution in [3.8, 4) is 5.75 Å². The number of halogens is 1. The minimum absolute atomic E-state index is 0.0518. The average molecular weight is 488 g/mol. The summed E-state index contributed by atoms with van der Waals surface area (Å²) in [6, 6.07) is 14.7. The Hall–Kier alpha value is -1.98. The van der Waals surface area contributed by atoms with E-state index in [9.17, 15) is 9.59 Å². The normalized spacial score (nSPS) is 14.3. The number of anilines is 1. The van der Waals surface area contributed by atoms with Crippen LogP contribution in [0.1, 0.15) is 58.8 Å². The zero-order chi connectivity index (χ0) is 23.6. The van der Waals surface area contributed by atoms with E-state index in [0.717, 1.165) is 60.9 Å². The minimum Gasteiger partial charge on any atom is -0.485 e. The van der Waals surface area contributed by atoms with E-state index in [2.05, 4.69) is 13.8 Å². The zero-order valence-corrected chi connectivity index (χ0v) is 21.2. The number of nitrogens with zero attached hydrogens (tertiary/aromatic N) is 1. The first-order chi connectivity index (χ1) is 16.0. The SMILES string of the molecule is CCC(CC)CN(C(=O)C1CCCCC1)c1ccccc1SC(=O)COc1ccc(Cl)cc1. The molecule has 4 nitrogen and oxygen atoms in total. The first-order valence-electron chi connectivity index (χ1n) is 12.0. The van der Waals surface area contributed by atoms with Crippen LogP contribution >= 0.6 is 23.4 Å². The highest BCUT2D eigenvalue weighted by molar-refractivity contribution is 8.13. The second-order valence-electron chi connectivity index (χ2n) is 8.65. The molecule has 1 aliphatic carbocycles. The topological polar surface area (TPSA) is 46.6 Å². The van der Waals surface area contributed by atoms with Gasteiger partial charge in [0, 0.05) is 22.4 Å². The van der Waals surface area contributed by atoms with Gasteiger partial charge >= 0.3 is 0 Å². The van der Waals surface area contributed by atoms with Crippen molar-refractivity contribution in [3.63, 3.8) is 0 Å². The molecule has 0 unspecified atom stereocenters. The summed E-state index contributed by atoms with van der Waals surface area (Å²) < 4.78 is 5.63. The second-order valence-corrected chi connectivity index (χ2v) is 10.2. The Morgan fingerprint density at radius 3 is 2.36 bits per heavy atom. The van der Waals surface area contributed by atoms with Crippen molar-refractivity contribution in [2.24, 2.45) is 11.8 Å². The van der Waals surface area contributed by atoms with Crippen LogP contribution in [-0.4, -0.2) is 24.2 Å². The predicted octanol–water partition coefficient (Wildman–Crippen LogP) is 7.39. The van der Waals surface area contributed by atoms with Crippen LogP contribution < -0.4 is 9.64 Å². The fraction of sp³-hybridized carbons (Fsp3) is 0.481. The molecule has 6 heteroatoms. The standard InChI is InChI=1S/C27H34ClNO3S/c1-3-20(4-2)18-29(27(31)21-10-6-5-7-11-21)24-12-8-9-13-25(24)33-26(30)19-32-23-16-14-22(28)15-17-23/h8-9,12-17,20-21H,3-7,10-11,18-19H2,1-2H3. The smallest absolute Gasteiger partial charge is 0.231 e. The summed E-state index contributed by atoms with van der Waals surface area (Å²) in [5, 5.41) is 0.516. The van der Waals surface area contributed by atoms with E-state index in [1.54, 1.807) is 24.3 Å². The molecule has 0 spiro atoms. The van der Waals surface area contributed by atoms with Crippen LogP contribution in [0.2, 0.25) is 5.02 Å². The number of carbonyl (C=O) groups is 2. The lowest BCUT2D eigenvalue weighted by Gasteiger charge is -2.33. The third-order valence-corrected chi connectivity index (χ3v) is 7.53. The summed E-state index contributed by atoms with van der Waals surface area (Å²) in [6.07, 6.45) is 7.41. The van der Waals surface area contributed by atoms with Gasteiger partial charge in [-0.2, -0.15) is 0 Å². The lowest BCUT2D eigenvalue weighted by atomic mass is 9.87. The van der Waals surface area contributed by atoms with Crippen LogP contribution in [0.3, 0.4) is 0 Å². The van der Waals surface area contributed by atoms with Gasteiger partial charge in [-0.1, -0.05) is 69.7 Å². The molecule has 0 aromatic heterocycles.